The molecule has 2 aliphatic heterocycles. The summed E-state index contributed by atoms with van der Waals surface area (Å²) in [5, 5.41) is 0. The number of aromatic nitrogens is 4. The van der Waals surface area contributed by atoms with Crippen LogP contribution in [0.2, 0.25) is 0 Å². The average Bonchev–Trinajstić information content (AvgIpc) is 3.74. The molecule has 39 heavy (non-hydrogen) atoms. The van der Waals surface area contributed by atoms with Gasteiger partial charge in [0, 0.05) is 56.9 Å². The molecule has 9 heteroatoms. The van der Waals surface area contributed by atoms with Gasteiger partial charge < -0.3 is 14.5 Å². The first kappa shape index (κ1) is 25.6. The van der Waals surface area contributed by atoms with Crippen molar-refractivity contribution in [1.29, 1.82) is 0 Å². The number of rotatable bonds is 8. The number of ether oxygens (including phenoxy) is 1. The number of hydrogen-bond acceptors (Lipinski definition) is 7. The molecule has 1 saturated heterocycles. The maximum Gasteiger partial charge on any atom is 0.227 e. The summed E-state index contributed by atoms with van der Waals surface area (Å²) < 4.78 is 20.7. The largest absolute Gasteiger partial charge is 0.493 e. The van der Waals surface area contributed by atoms with Crippen LogP contribution >= 0.6 is 0 Å². The Balaban J connectivity index is 0.924. The number of amides is 1. The molecule has 204 valence electrons. The number of benzene rings is 1. The number of aryl methyl sites for hydroxylation is 1. The first-order valence-electron chi connectivity index (χ1n) is 14.0. The van der Waals surface area contributed by atoms with E-state index in [0.717, 1.165) is 54.2 Å². The molecular formula is C30H35FN6O2. The minimum absolute atomic E-state index is 0.0281. The van der Waals surface area contributed by atoms with Gasteiger partial charge in [0.15, 0.2) is 0 Å². The van der Waals surface area contributed by atoms with E-state index in [0.29, 0.717) is 43.3 Å². The molecule has 1 aliphatic carbocycles. The van der Waals surface area contributed by atoms with E-state index in [1.165, 1.54) is 25.3 Å². The number of carbonyl (C=O) groups is 1. The number of fused-ring (bicyclic) bond motifs is 1. The van der Waals surface area contributed by atoms with Crippen molar-refractivity contribution in [2.24, 2.45) is 17.8 Å². The Labute approximate surface area is 228 Å². The quantitative estimate of drug-likeness (QED) is 0.432. The molecule has 2 aromatic heterocycles. The first-order valence-corrected chi connectivity index (χ1v) is 14.0. The van der Waals surface area contributed by atoms with Crippen LogP contribution in [0.3, 0.4) is 0 Å². The van der Waals surface area contributed by atoms with Crippen LogP contribution in [0.5, 0.6) is 5.75 Å². The van der Waals surface area contributed by atoms with E-state index < -0.39 is 5.82 Å². The highest BCUT2D eigenvalue weighted by atomic mass is 19.1. The van der Waals surface area contributed by atoms with E-state index in [4.69, 9.17) is 4.74 Å². The van der Waals surface area contributed by atoms with Crippen LogP contribution < -0.4 is 9.64 Å². The van der Waals surface area contributed by atoms with Gasteiger partial charge in [-0.2, -0.15) is 0 Å². The van der Waals surface area contributed by atoms with Crippen LogP contribution in [0.25, 0.3) is 0 Å². The molecule has 0 N–H and O–H groups in total. The van der Waals surface area contributed by atoms with Gasteiger partial charge in [0.25, 0.3) is 0 Å². The van der Waals surface area contributed by atoms with Crippen molar-refractivity contribution in [3.05, 3.63) is 71.3 Å². The summed E-state index contributed by atoms with van der Waals surface area (Å²) in [6.45, 7) is 5.63. The summed E-state index contributed by atoms with van der Waals surface area (Å²) in [6.07, 6.45) is 12.4. The molecule has 3 aliphatic rings. The predicted molar refractivity (Wildman–Crippen MR) is 145 cm³/mol. The minimum Gasteiger partial charge on any atom is -0.493 e. The summed E-state index contributed by atoms with van der Waals surface area (Å²) in [4.78, 5) is 34.4. The third-order valence-corrected chi connectivity index (χ3v) is 8.47. The second kappa shape index (κ2) is 11.2. The maximum atomic E-state index is 14.8. The van der Waals surface area contributed by atoms with Gasteiger partial charge in [0.1, 0.15) is 11.6 Å². The molecule has 0 bridgehead atoms. The number of anilines is 1. The molecule has 3 aromatic rings. The summed E-state index contributed by atoms with van der Waals surface area (Å²) in [5.41, 5.74) is 3.23. The van der Waals surface area contributed by atoms with E-state index in [9.17, 15) is 9.18 Å². The van der Waals surface area contributed by atoms with Crippen molar-refractivity contribution in [1.82, 2.24) is 24.8 Å². The molecule has 1 amide bonds. The molecule has 2 atom stereocenters. The highest BCUT2D eigenvalue weighted by molar-refractivity contribution is 5.79. The van der Waals surface area contributed by atoms with Gasteiger partial charge >= 0.3 is 0 Å². The fourth-order valence-corrected chi connectivity index (χ4v) is 6.07. The van der Waals surface area contributed by atoms with Crippen molar-refractivity contribution in [3.63, 3.8) is 0 Å². The standard InChI is InChI=1S/C30H35FN6O2/c1-20-17-34-30(35-18-20)36-10-4-21(5-11-36)25-14-22(25)7-13-39-24-3-2-23(26(31)16-24)15-29(38)37-12-6-27-28(19-37)33-9-8-32-27/h2-3,8-9,16-18,21-22,25H,4-7,10-15,19H2,1H3/t22-,25-/m1/s1. The summed E-state index contributed by atoms with van der Waals surface area (Å²) in [7, 11) is 0. The lowest BCUT2D eigenvalue weighted by atomic mass is 9.90. The maximum absolute atomic E-state index is 14.8. The third-order valence-electron chi connectivity index (χ3n) is 8.47. The van der Waals surface area contributed by atoms with E-state index in [2.05, 4.69) is 24.8 Å². The Hall–Kier alpha value is -3.62. The van der Waals surface area contributed by atoms with Crippen LogP contribution in [-0.4, -0.2) is 57.0 Å². The zero-order valence-corrected chi connectivity index (χ0v) is 22.4. The van der Waals surface area contributed by atoms with Crippen molar-refractivity contribution >= 4 is 11.9 Å². The van der Waals surface area contributed by atoms with Gasteiger partial charge in [-0.1, -0.05) is 6.07 Å². The van der Waals surface area contributed by atoms with Gasteiger partial charge in [0.2, 0.25) is 11.9 Å². The Morgan fingerprint density at radius 1 is 1.05 bits per heavy atom. The van der Waals surface area contributed by atoms with Crippen molar-refractivity contribution in [3.8, 4) is 5.75 Å². The second-order valence-corrected chi connectivity index (χ2v) is 11.1. The topological polar surface area (TPSA) is 84.3 Å². The van der Waals surface area contributed by atoms with Crippen molar-refractivity contribution in [2.75, 3.05) is 31.1 Å². The molecule has 2 fully saturated rings. The van der Waals surface area contributed by atoms with Crippen LogP contribution in [0.1, 0.15) is 48.2 Å². The molecule has 6 rings (SSSR count). The highest BCUT2D eigenvalue weighted by Gasteiger charge is 2.43. The van der Waals surface area contributed by atoms with Crippen LogP contribution in [0.4, 0.5) is 10.3 Å². The zero-order chi connectivity index (χ0) is 26.8. The minimum atomic E-state index is -0.397. The molecule has 0 spiro atoms. The lowest BCUT2D eigenvalue weighted by Crippen LogP contribution is -2.37. The fourth-order valence-electron chi connectivity index (χ4n) is 6.07. The van der Waals surface area contributed by atoms with Gasteiger partial charge in [-0.3, -0.25) is 14.8 Å². The lowest BCUT2D eigenvalue weighted by molar-refractivity contribution is -0.131. The van der Waals surface area contributed by atoms with Gasteiger partial charge in [-0.15, -0.1) is 0 Å². The van der Waals surface area contributed by atoms with Crippen molar-refractivity contribution < 1.29 is 13.9 Å². The number of piperidine rings is 1. The SMILES string of the molecule is Cc1cnc(N2CCC([C@H]3C[C@H]3CCOc3ccc(CC(=O)N4CCc5nccnc5C4)c(F)c3)CC2)nc1. The molecule has 0 radical (unpaired) electrons. The predicted octanol–water partition coefficient (Wildman–Crippen LogP) is 4.16. The molecule has 0 unspecified atom stereocenters. The summed E-state index contributed by atoms with van der Waals surface area (Å²) in [5.74, 6) is 3.09. The second-order valence-electron chi connectivity index (χ2n) is 11.1. The Morgan fingerprint density at radius 3 is 2.59 bits per heavy atom. The number of halogens is 1. The zero-order valence-electron chi connectivity index (χ0n) is 22.4. The normalized spacial score (nSPS) is 21.0. The Morgan fingerprint density at radius 2 is 1.82 bits per heavy atom. The van der Waals surface area contributed by atoms with E-state index in [1.54, 1.807) is 29.4 Å². The van der Waals surface area contributed by atoms with Crippen LogP contribution in [-0.2, 0) is 24.2 Å². The number of hydrogen-bond donors (Lipinski definition) is 0. The Bertz CT molecular complexity index is 1310. The molecule has 8 nitrogen and oxygen atoms in total. The highest BCUT2D eigenvalue weighted by Crippen LogP contribution is 2.49. The van der Waals surface area contributed by atoms with Gasteiger partial charge in [0.05, 0.1) is 31.0 Å². The van der Waals surface area contributed by atoms with E-state index >= 15 is 0 Å². The molecule has 1 aromatic carbocycles. The lowest BCUT2D eigenvalue weighted by Gasteiger charge is -2.32. The Kier molecular flexibility index (Phi) is 7.39. The van der Waals surface area contributed by atoms with Crippen LogP contribution in [0.15, 0.2) is 43.0 Å². The number of nitrogens with zero attached hydrogens (tertiary/aromatic N) is 6. The summed E-state index contributed by atoms with van der Waals surface area (Å²) in [6, 6.07) is 4.86. The van der Waals surface area contributed by atoms with E-state index in [-0.39, 0.29) is 12.3 Å². The summed E-state index contributed by atoms with van der Waals surface area (Å²) >= 11 is 0. The van der Waals surface area contributed by atoms with Gasteiger partial charge in [-0.05, 0) is 67.6 Å². The molecular weight excluding hydrogens is 495 g/mol. The smallest absolute Gasteiger partial charge is 0.227 e. The molecule has 1 saturated carbocycles. The third kappa shape index (κ3) is 6.02. The fraction of sp³-hybridized carbons (Fsp3) is 0.500. The first-order chi connectivity index (χ1) is 19.0. The van der Waals surface area contributed by atoms with Crippen molar-refractivity contribution in [2.45, 2.75) is 52.0 Å². The van der Waals surface area contributed by atoms with Crippen LogP contribution in [0, 0.1) is 30.5 Å². The van der Waals surface area contributed by atoms with E-state index in [1.807, 2.05) is 19.3 Å². The average molecular weight is 531 g/mol. The monoisotopic (exact) mass is 530 g/mol. The molecule has 4 heterocycles. The number of carbonyl (C=O) groups excluding carboxylic acids is 1. The van der Waals surface area contributed by atoms with Gasteiger partial charge in [-0.25, -0.2) is 14.4 Å².